The Morgan fingerprint density at radius 3 is 2.86 bits per heavy atom. The Balaban J connectivity index is 2.43. The summed E-state index contributed by atoms with van der Waals surface area (Å²) < 4.78 is 14.6. The Kier molecular flexibility index (Phi) is 2.22. The molecule has 5 heteroatoms. The molecule has 2 rings (SSSR count). The maximum absolute atomic E-state index is 13.2. The maximum Gasteiger partial charge on any atom is 0.164 e. The zero-order valence-electron chi connectivity index (χ0n) is 7.68. The Hall–Kier alpha value is -1.78. The van der Waals surface area contributed by atoms with Gasteiger partial charge in [0.2, 0.25) is 0 Å². The Morgan fingerprint density at radius 1 is 1.43 bits per heavy atom. The van der Waals surface area contributed by atoms with Crippen molar-refractivity contribution in [2.45, 2.75) is 13.3 Å². The molecule has 0 aliphatic heterocycles. The largest absolute Gasteiger partial charge is 0.236 e. The summed E-state index contributed by atoms with van der Waals surface area (Å²) in [6, 6.07) is 1.72. The molecule has 0 bridgehead atoms. The molecule has 4 nitrogen and oxygen atoms in total. The predicted octanol–water partition coefficient (Wildman–Crippen LogP) is 1.36. The van der Waals surface area contributed by atoms with Crippen LogP contribution in [0.25, 0.3) is 5.69 Å². The van der Waals surface area contributed by atoms with Crippen molar-refractivity contribution < 1.29 is 4.39 Å². The molecular weight excluding hydrogens is 183 g/mol. The second kappa shape index (κ2) is 3.53. The van der Waals surface area contributed by atoms with Crippen LogP contribution in [0, 0.1) is 5.82 Å². The lowest BCUT2D eigenvalue weighted by Crippen LogP contribution is -1.96. The molecule has 0 saturated heterocycles. The smallest absolute Gasteiger partial charge is 0.164 e. The summed E-state index contributed by atoms with van der Waals surface area (Å²) in [5, 5.41) is 11.4. The van der Waals surface area contributed by atoms with Gasteiger partial charge in [0.05, 0.1) is 30.0 Å². The van der Waals surface area contributed by atoms with Crippen LogP contribution >= 0.6 is 0 Å². The number of rotatable bonds is 2. The molecule has 0 spiro atoms. The van der Waals surface area contributed by atoms with Crippen LogP contribution in [-0.4, -0.2) is 20.0 Å². The lowest BCUT2D eigenvalue weighted by Gasteiger charge is -1.97. The second-order valence-corrected chi connectivity index (χ2v) is 2.82. The average Bonchev–Trinajstić information content (AvgIpc) is 2.61. The van der Waals surface area contributed by atoms with E-state index in [2.05, 4.69) is 15.3 Å². The molecule has 0 aliphatic rings. The van der Waals surface area contributed by atoms with Gasteiger partial charge in [-0.25, -0.2) is 9.07 Å². The third-order valence-electron chi connectivity index (χ3n) is 1.91. The molecule has 14 heavy (non-hydrogen) atoms. The Morgan fingerprint density at radius 2 is 2.29 bits per heavy atom. The van der Waals surface area contributed by atoms with Crippen molar-refractivity contribution in [3.05, 3.63) is 36.2 Å². The molecule has 2 heterocycles. The molecule has 0 atom stereocenters. The number of aromatic nitrogens is 4. The average molecular weight is 192 g/mol. The first-order valence-electron chi connectivity index (χ1n) is 4.32. The third kappa shape index (κ3) is 1.48. The van der Waals surface area contributed by atoms with Crippen molar-refractivity contribution in [3.63, 3.8) is 0 Å². The summed E-state index contributed by atoms with van der Waals surface area (Å²) in [6.45, 7) is 1.86. The second-order valence-electron chi connectivity index (χ2n) is 2.82. The van der Waals surface area contributed by atoms with Crippen molar-refractivity contribution in [3.8, 4) is 5.69 Å². The monoisotopic (exact) mass is 192 g/mol. The highest BCUT2D eigenvalue weighted by Gasteiger charge is 2.07. The summed E-state index contributed by atoms with van der Waals surface area (Å²) in [5.41, 5.74) is 1.17. The fraction of sp³-hybridized carbons (Fsp3) is 0.222. The first-order valence-corrected chi connectivity index (χ1v) is 4.32. The Labute approximate surface area is 80.4 Å². The van der Waals surface area contributed by atoms with Gasteiger partial charge in [0.25, 0.3) is 0 Å². The summed E-state index contributed by atoms with van der Waals surface area (Å²) in [6.07, 6.45) is 5.00. The van der Waals surface area contributed by atoms with Crippen LogP contribution in [0.15, 0.2) is 24.7 Å². The van der Waals surface area contributed by atoms with Gasteiger partial charge in [-0.3, -0.25) is 0 Å². The molecule has 72 valence electrons. The van der Waals surface area contributed by atoms with E-state index in [-0.39, 0.29) is 5.82 Å². The van der Waals surface area contributed by atoms with Gasteiger partial charge in [-0.15, -0.1) is 0 Å². The van der Waals surface area contributed by atoms with E-state index in [1.54, 1.807) is 12.3 Å². The summed E-state index contributed by atoms with van der Waals surface area (Å²) in [7, 11) is 0. The number of aryl methyl sites for hydroxylation is 1. The normalized spacial score (nSPS) is 10.4. The summed E-state index contributed by atoms with van der Waals surface area (Å²) in [5.74, 6) is -0.288. The van der Waals surface area contributed by atoms with Gasteiger partial charge < -0.3 is 0 Å². The minimum atomic E-state index is -0.288. The number of halogens is 1. The molecule has 0 aromatic carbocycles. The van der Waals surface area contributed by atoms with Gasteiger partial charge in [0, 0.05) is 0 Å². The van der Waals surface area contributed by atoms with Gasteiger partial charge in [-0.1, -0.05) is 6.92 Å². The number of hydrogen-bond acceptors (Lipinski definition) is 3. The summed E-state index contributed by atoms with van der Waals surface area (Å²) >= 11 is 0. The lowest BCUT2D eigenvalue weighted by atomic mass is 10.3. The molecule has 0 N–H and O–H groups in total. The maximum atomic E-state index is 13.2. The van der Waals surface area contributed by atoms with Crippen LogP contribution in [0.1, 0.15) is 12.6 Å². The topological polar surface area (TPSA) is 43.6 Å². The molecule has 0 aliphatic carbocycles. The molecule has 0 radical (unpaired) electrons. The molecule has 2 aromatic heterocycles. The van der Waals surface area contributed by atoms with E-state index in [0.29, 0.717) is 17.8 Å². The van der Waals surface area contributed by atoms with Gasteiger partial charge in [0.15, 0.2) is 5.82 Å². The zero-order chi connectivity index (χ0) is 9.97. The molecule has 0 amide bonds. The summed E-state index contributed by atoms with van der Waals surface area (Å²) in [4.78, 5) is 0. The fourth-order valence-electron chi connectivity index (χ4n) is 1.18. The first-order chi connectivity index (χ1) is 6.81. The number of nitrogens with zero attached hydrogens (tertiary/aromatic N) is 4. The van der Waals surface area contributed by atoms with Crippen LogP contribution in [-0.2, 0) is 6.42 Å². The lowest BCUT2D eigenvalue weighted by molar-refractivity contribution is 0.612. The van der Waals surface area contributed by atoms with Gasteiger partial charge >= 0.3 is 0 Å². The third-order valence-corrected chi connectivity index (χ3v) is 1.91. The van der Waals surface area contributed by atoms with Gasteiger partial charge in [-0.05, 0) is 12.5 Å². The van der Waals surface area contributed by atoms with E-state index >= 15 is 0 Å². The van der Waals surface area contributed by atoms with Crippen LogP contribution in [0.5, 0.6) is 0 Å². The van der Waals surface area contributed by atoms with Gasteiger partial charge in [-0.2, -0.15) is 15.3 Å². The number of hydrogen-bond donors (Lipinski definition) is 0. The van der Waals surface area contributed by atoms with Crippen LogP contribution in [0.2, 0.25) is 0 Å². The van der Waals surface area contributed by atoms with Gasteiger partial charge in [0.1, 0.15) is 0 Å². The van der Waals surface area contributed by atoms with E-state index in [4.69, 9.17) is 0 Å². The fourth-order valence-corrected chi connectivity index (χ4v) is 1.18. The molecule has 0 fully saturated rings. The van der Waals surface area contributed by atoms with E-state index in [1.165, 1.54) is 17.1 Å². The minimum Gasteiger partial charge on any atom is -0.236 e. The van der Waals surface area contributed by atoms with Crippen molar-refractivity contribution in [2.24, 2.45) is 0 Å². The Bertz CT molecular complexity index is 424. The van der Waals surface area contributed by atoms with Crippen molar-refractivity contribution in [1.82, 2.24) is 20.0 Å². The standard InChI is InChI=1S/C9H9FN4/c1-2-9-8(10)6-14(13-9)7-3-4-11-12-5-7/h3-6H,2H2,1H3. The highest BCUT2D eigenvalue weighted by atomic mass is 19.1. The highest BCUT2D eigenvalue weighted by molar-refractivity contribution is 5.25. The molecule has 0 unspecified atom stereocenters. The van der Waals surface area contributed by atoms with E-state index in [9.17, 15) is 4.39 Å². The van der Waals surface area contributed by atoms with Crippen molar-refractivity contribution in [2.75, 3.05) is 0 Å². The van der Waals surface area contributed by atoms with Crippen LogP contribution in [0.4, 0.5) is 4.39 Å². The first kappa shape index (κ1) is 8.80. The minimum absolute atomic E-state index is 0.288. The highest BCUT2D eigenvalue weighted by Crippen LogP contribution is 2.09. The zero-order valence-corrected chi connectivity index (χ0v) is 7.68. The van der Waals surface area contributed by atoms with Crippen molar-refractivity contribution >= 4 is 0 Å². The van der Waals surface area contributed by atoms with Crippen molar-refractivity contribution in [1.29, 1.82) is 0 Å². The predicted molar refractivity (Wildman–Crippen MR) is 48.5 cm³/mol. The van der Waals surface area contributed by atoms with Crippen LogP contribution in [0.3, 0.4) is 0 Å². The molecular formula is C9H9FN4. The van der Waals surface area contributed by atoms with E-state index in [1.807, 2.05) is 6.92 Å². The van der Waals surface area contributed by atoms with E-state index < -0.39 is 0 Å². The SMILES string of the molecule is CCc1nn(-c2ccnnc2)cc1F. The van der Waals surface area contributed by atoms with E-state index in [0.717, 1.165) is 0 Å². The van der Waals surface area contributed by atoms with Crippen LogP contribution < -0.4 is 0 Å². The molecule has 0 saturated carbocycles. The molecule has 2 aromatic rings. The quantitative estimate of drug-likeness (QED) is 0.721.